The average Bonchev–Trinajstić information content (AvgIpc) is 2.77. The number of anilines is 1. The molecule has 0 saturated heterocycles. The molecule has 0 aliphatic heterocycles. The van der Waals surface area contributed by atoms with E-state index in [1.807, 2.05) is 39.0 Å². The zero-order valence-electron chi connectivity index (χ0n) is 19.0. The molecule has 0 spiro atoms. The van der Waals surface area contributed by atoms with Gasteiger partial charge in [-0.1, -0.05) is 41.4 Å². The van der Waals surface area contributed by atoms with Crippen molar-refractivity contribution >= 4 is 33.2 Å². The van der Waals surface area contributed by atoms with Crippen LogP contribution in [0.1, 0.15) is 29.7 Å². The smallest absolute Gasteiger partial charge is 0.264 e. The highest BCUT2D eigenvalue weighted by Crippen LogP contribution is 2.27. The highest BCUT2D eigenvalue weighted by molar-refractivity contribution is 7.92. The number of hydrogen-bond donors (Lipinski definition) is 1. The SMILES string of the molecule is COc1ccc(S(=O)(=O)N(CC(=O)NC(C)c2ccc(C)cc2C)c2cccc(Cl)c2)cc1. The number of nitrogens with one attached hydrogen (secondary N) is 1. The summed E-state index contributed by atoms with van der Waals surface area (Å²) in [5, 5.41) is 3.28. The maximum Gasteiger partial charge on any atom is 0.264 e. The fraction of sp³-hybridized carbons (Fsp3) is 0.240. The third-order valence-electron chi connectivity index (χ3n) is 5.30. The number of methoxy groups -OCH3 is 1. The molecule has 6 nitrogen and oxygen atoms in total. The number of amides is 1. The van der Waals surface area contributed by atoms with E-state index in [-0.39, 0.29) is 10.9 Å². The first-order valence-electron chi connectivity index (χ1n) is 10.4. The number of carbonyl (C=O) groups excluding carboxylic acids is 1. The van der Waals surface area contributed by atoms with Gasteiger partial charge in [0.25, 0.3) is 10.0 Å². The molecule has 3 rings (SSSR count). The predicted octanol–water partition coefficient (Wildman–Crippen LogP) is 5.04. The monoisotopic (exact) mass is 486 g/mol. The first-order valence-corrected chi connectivity index (χ1v) is 12.2. The van der Waals surface area contributed by atoms with Gasteiger partial charge in [-0.05, 0) is 74.4 Å². The van der Waals surface area contributed by atoms with Crippen LogP contribution in [0, 0.1) is 13.8 Å². The molecule has 1 unspecified atom stereocenters. The van der Waals surface area contributed by atoms with Crippen LogP contribution in [0.5, 0.6) is 5.75 Å². The summed E-state index contributed by atoms with van der Waals surface area (Å²) in [6.07, 6.45) is 0. The highest BCUT2D eigenvalue weighted by atomic mass is 35.5. The maximum absolute atomic E-state index is 13.5. The second-order valence-electron chi connectivity index (χ2n) is 7.82. The second kappa shape index (κ2) is 10.3. The minimum Gasteiger partial charge on any atom is -0.497 e. The van der Waals surface area contributed by atoms with Crippen molar-refractivity contribution in [3.8, 4) is 5.75 Å². The molecular weight excluding hydrogens is 460 g/mol. The molecule has 3 aromatic carbocycles. The third-order valence-corrected chi connectivity index (χ3v) is 7.32. The number of sulfonamides is 1. The van der Waals surface area contributed by atoms with E-state index in [9.17, 15) is 13.2 Å². The molecule has 1 amide bonds. The van der Waals surface area contributed by atoms with Gasteiger partial charge in [0.1, 0.15) is 12.3 Å². The Morgan fingerprint density at radius 1 is 1.06 bits per heavy atom. The van der Waals surface area contributed by atoms with E-state index in [4.69, 9.17) is 16.3 Å². The number of halogens is 1. The van der Waals surface area contributed by atoms with Crippen LogP contribution in [-0.2, 0) is 14.8 Å². The van der Waals surface area contributed by atoms with Gasteiger partial charge in [-0.25, -0.2) is 8.42 Å². The Balaban J connectivity index is 1.90. The minimum atomic E-state index is -4.05. The van der Waals surface area contributed by atoms with Crippen LogP contribution >= 0.6 is 11.6 Å². The summed E-state index contributed by atoms with van der Waals surface area (Å²) >= 11 is 6.12. The standard InChI is InChI=1S/C25H27ClN2O4S/c1-17-8-13-24(18(2)14-17)19(3)27-25(29)16-28(21-7-5-6-20(26)15-21)33(30,31)23-11-9-22(32-4)10-12-23/h5-15,19H,16H2,1-4H3,(H,27,29). The molecule has 0 aromatic heterocycles. The largest absolute Gasteiger partial charge is 0.497 e. The topological polar surface area (TPSA) is 75.7 Å². The third kappa shape index (κ3) is 5.86. The van der Waals surface area contributed by atoms with Crippen molar-refractivity contribution in [3.05, 3.63) is 88.4 Å². The van der Waals surface area contributed by atoms with E-state index in [1.165, 1.54) is 25.3 Å². The summed E-state index contributed by atoms with van der Waals surface area (Å²) in [5.74, 6) is 0.0998. The van der Waals surface area contributed by atoms with Crippen molar-refractivity contribution in [2.24, 2.45) is 0 Å². The lowest BCUT2D eigenvalue weighted by Gasteiger charge is -2.25. The van der Waals surface area contributed by atoms with Crippen molar-refractivity contribution < 1.29 is 17.9 Å². The molecule has 0 bridgehead atoms. The quantitative estimate of drug-likeness (QED) is 0.484. The molecule has 0 heterocycles. The molecule has 33 heavy (non-hydrogen) atoms. The lowest BCUT2D eigenvalue weighted by atomic mass is 10.0. The molecule has 0 radical (unpaired) electrons. The van der Waals surface area contributed by atoms with Gasteiger partial charge < -0.3 is 10.1 Å². The van der Waals surface area contributed by atoms with Gasteiger partial charge >= 0.3 is 0 Å². The average molecular weight is 487 g/mol. The number of nitrogens with zero attached hydrogens (tertiary/aromatic N) is 1. The van der Waals surface area contributed by atoms with Crippen LogP contribution in [0.15, 0.2) is 71.6 Å². The van der Waals surface area contributed by atoms with Crippen LogP contribution in [0.4, 0.5) is 5.69 Å². The molecule has 3 aromatic rings. The fourth-order valence-electron chi connectivity index (χ4n) is 3.63. The summed E-state index contributed by atoms with van der Waals surface area (Å²) in [5.41, 5.74) is 3.46. The minimum absolute atomic E-state index is 0.0403. The normalized spacial score (nSPS) is 12.2. The van der Waals surface area contributed by atoms with Gasteiger partial charge in [-0.15, -0.1) is 0 Å². The number of rotatable bonds is 8. The number of benzene rings is 3. The number of carbonyl (C=O) groups is 1. The van der Waals surface area contributed by atoms with Crippen molar-refractivity contribution in [3.63, 3.8) is 0 Å². The zero-order valence-corrected chi connectivity index (χ0v) is 20.6. The zero-order chi connectivity index (χ0) is 24.2. The number of ether oxygens (including phenoxy) is 1. The van der Waals surface area contributed by atoms with Crippen LogP contribution in [0.2, 0.25) is 5.02 Å². The molecule has 1 N–H and O–H groups in total. The molecular formula is C25H27ClN2O4S. The van der Waals surface area contributed by atoms with Gasteiger partial charge in [0.05, 0.1) is 23.7 Å². The highest BCUT2D eigenvalue weighted by Gasteiger charge is 2.28. The van der Waals surface area contributed by atoms with Gasteiger partial charge in [0.15, 0.2) is 0 Å². The molecule has 0 aliphatic rings. The van der Waals surface area contributed by atoms with Gasteiger partial charge in [0, 0.05) is 5.02 Å². The van der Waals surface area contributed by atoms with E-state index in [1.54, 1.807) is 30.3 Å². The second-order valence-corrected chi connectivity index (χ2v) is 10.1. The van der Waals surface area contributed by atoms with E-state index in [0.29, 0.717) is 16.5 Å². The number of hydrogen-bond acceptors (Lipinski definition) is 4. The van der Waals surface area contributed by atoms with Crippen molar-refractivity contribution in [1.29, 1.82) is 0 Å². The van der Waals surface area contributed by atoms with Crippen LogP contribution in [-0.4, -0.2) is 28.0 Å². The Kier molecular flexibility index (Phi) is 7.66. The summed E-state index contributed by atoms with van der Waals surface area (Å²) in [6.45, 7) is 5.46. The Morgan fingerprint density at radius 3 is 2.36 bits per heavy atom. The number of aryl methyl sites for hydroxylation is 2. The van der Waals surface area contributed by atoms with Crippen LogP contribution < -0.4 is 14.4 Å². The van der Waals surface area contributed by atoms with E-state index >= 15 is 0 Å². The first kappa shape index (κ1) is 24.6. The van der Waals surface area contributed by atoms with Crippen molar-refractivity contribution in [1.82, 2.24) is 5.32 Å². The Labute approximate surface area is 200 Å². The summed E-state index contributed by atoms with van der Waals surface area (Å²) in [6, 6.07) is 18.1. The van der Waals surface area contributed by atoms with Crippen LogP contribution in [0.25, 0.3) is 0 Å². The Morgan fingerprint density at radius 2 is 1.76 bits per heavy atom. The van der Waals surface area contributed by atoms with Crippen LogP contribution in [0.3, 0.4) is 0 Å². The molecule has 174 valence electrons. The molecule has 0 saturated carbocycles. The fourth-order valence-corrected chi connectivity index (χ4v) is 5.23. The Hall–Kier alpha value is -3.03. The van der Waals surface area contributed by atoms with Crippen molar-refractivity contribution in [2.45, 2.75) is 31.7 Å². The van der Waals surface area contributed by atoms with E-state index < -0.39 is 22.5 Å². The molecule has 8 heteroatoms. The first-order chi connectivity index (χ1) is 15.6. The van der Waals surface area contributed by atoms with E-state index in [2.05, 4.69) is 5.32 Å². The lowest BCUT2D eigenvalue weighted by Crippen LogP contribution is -2.41. The molecule has 0 fully saturated rings. The maximum atomic E-state index is 13.5. The Bertz CT molecular complexity index is 1240. The molecule has 1 atom stereocenters. The van der Waals surface area contributed by atoms with Gasteiger partial charge in [-0.2, -0.15) is 0 Å². The lowest BCUT2D eigenvalue weighted by molar-refractivity contribution is -0.120. The summed E-state index contributed by atoms with van der Waals surface area (Å²) in [4.78, 5) is 13.0. The van der Waals surface area contributed by atoms with Gasteiger partial charge in [0.2, 0.25) is 5.91 Å². The van der Waals surface area contributed by atoms with E-state index in [0.717, 1.165) is 21.0 Å². The van der Waals surface area contributed by atoms with Gasteiger partial charge in [-0.3, -0.25) is 9.10 Å². The molecule has 0 aliphatic carbocycles. The van der Waals surface area contributed by atoms with Crippen molar-refractivity contribution in [2.75, 3.05) is 18.0 Å². The predicted molar refractivity (Wildman–Crippen MR) is 131 cm³/mol. The summed E-state index contributed by atoms with van der Waals surface area (Å²) in [7, 11) is -2.54. The summed E-state index contributed by atoms with van der Waals surface area (Å²) < 4.78 is 33.2.